The molecule has 2 aromatic heterocycles. The molecule has 3 rings (SSSR count). The number of fused-ring (bicyclic) bond motifs is 1. The van der Waals surface area contributed by atoms with Gasteiger partial charge in [0.25, 0.3) is 5.56 Å². The van der Waals surface area contributed by atoms with Gasteiger partial charge >= 0.3 is 0 Å². The van der Waals surface area contributed by atoms with E-state index in [1.807, 2.05) is 30.3 Å². The smallest absolute Gasteiger partial charge is 0.291 e. The lowest BCUT2D eigenvalue weighted by Gasteiger charge is -2.13. The molecule has 1 N–H and O–H groups in total. The quantitative estimate of drug-likeness (QED) is 0.777. The number of nitrogens with zero attached hydrogens (tertiary/aromatic N) is 3. The van der Waals surface area contributed by atoms with Crippen molar-refractivity contribution in [2.24, 2.45) is 0 Å². The highest BCUT2D eigenvalue weighted by Gasteiger charge is 2.12. The number of carbonyl (C=O) groups is 1. The first-order valence-corrected chi connectivity index (χ1v) is 7.92. The summed E-state index contributed by atoms with van der Waals surface area (Å²) in [5, 5.41) is 7.08. The van der Waals surface area contributed by atoms with E-state index in [0.29, 0.717) is 17.9 Å². The predicted octanol–water partition coefficient (Wildman–Crippen LogP) is 1.72. The SMILES string of the molecule is Cc1nn(CC(=O)NC[C@@H](C)c2ccccc2)c(=O)c2cccn12. The van der Waals surface area contributed by atoms with Gasteiger partial charge in [-0.3, -0.25) is 14.0 Å². The summed E-state index contributed by atoms with van der Waals surface area (Å²) in [6.45, 7) is 4.29. The van der Waals surface area contributed by atoms with Crippen molar-refractivity contribution < 1.29 is 4.79 Å². The van der Waals surface area contributed by atoms with Gasteiger partial charge in [-0.25, -0.2) is 4.68 Å². The topological polar surface area (TPSA) is 68.4 Å². The zero-order valence-electron chi connectivity index (χ0n) is 13.8. The van der Waals surface area contributed by atoms with Gasteiger partial charge in [-0.15, -0.1) is 0 Å². The first-order chi connectivity index (χ1) is 11.6. The van der Waals surface area contributed by atoms with Crippen LogP contribution in [0.1, 0.15) is 24.2 Å². The lowest BCUT2D eigenvalue weighted by atomic mass is 10.0. The minimum Gasteiger partial charge on any atom is -0.354 e. The van der Waals surface area contributed by atoms with Crippen LogP contribution in [-0.4, -0.2) is 26.6 Å². The fraction of sp³-hybridized carbons (Fsp3) is 0.278. The summed E-state index contributed by atoms with van der Waals surface area (Å²) >= 11 is 0. The molecule has 0 spiro atoms. The van der Waals surface area contributed by atoms with Crippen molar-refractivity contribution >= 4 is 11.4 Å². The monoisotopic (exact) mass is 324 g/mol. The number of hydrogen-bond donors (Lipinski definition) is 1. The second-order valence-electron chi connectivity index (χ2n) is 5.89. The number of aromatic nitrogens is 3. The van der Waals surface area contributed by atoms with E-state index in [1.165, 1.54) is 10.2 Å². The van der Waals surface area contributed by atoms with E-state index < -0.39 is 0 Å². The number of aryl methyl sites for hydroxylation is 1. The van der Waals surface area contributed by atoms with Crippen LogP contribution in [0.5, 0.6) is 0 Å². The minimum atomic E-state index is -0.267. The maximum atomic E-state index is 12.3. The molecule has 2 heterocycles. The molecule has 6 heteroatoms. The third kappa shape index (κ3) is 3.22. The number of carbonyl (C=O) groups excluding carboxylic acids is 1. The zero-order chi connectivity index (χ0) is 17.1. The standard InChI is InChI=1S/C18H20N4O2/c1-13(15-7-4-3-5-8-15)11-19-17(23)12-22-18(24)16-9-6-10-21(16)14(2)20-22/h3-10,13H,11-12H2,1-2H3,(H,19,23)/t13-/m1/s1. The normalized spacial score (nSPS) is 12.2. The summed E-state index contributed by atoms with van der Waals surface area (Å²) in [5.74, 6) is 0.650. The zero-order valence-corrected chi connectivity index (χ0v) is 13.8. The Morgan fingerprint density at radius 3 is 2.71 bits per heavy atom. The molecule has 6 nitrogen and oxygen atoms in total. The Bertz CT molecular complexity index is 912. The molecule has 0 aliphatic rings. The van der Waals surface area contributed by atoms with Gasteiger partial charge in [-0.05, 0) is 30.5 Å². The molecule has 124 valence electrons. The molecule has 0 fully saturated rings. The summed E-state index contributed by atoms with van der Waals surface area (Å²) in [6, 6.07) is 13.5. The van der Waals surface area contributed by atoms with E-state index in [4.69, 9.17) is 0 Å². The molecule has 1 aromatic carbocycles. The van der Waals surface area contributed by atoms with Crippen LogP contribution in [0.25, 0.3) is 5.52 Å². The molecule has 1 amide bonds. The molecule has 0 bridgehead atoms. The van der Waals surface area contributed by atoms with Crippen molar-refractivity contribution in [3.05, 3.63) is 70.4 Å². The Balaban J connectivity index is 1.67. The molecular formula is C18H20N4O2. The fourth-order valence-corrected chi connectivity index (χ4v) is 2.70. The van der Waals surface area contributed by atoms with Crippen LogP contribution in [0.4, 0.5) is 0 Å². The van der Waals surface area contributed by atoms with Crippen molar-refractivity contribution in [2.75, 3.05) is 6.54 Å². The Hall–Kier alpha value is -2.89. The van der Waals surface area contributed by atoms with E-state index in [0.717, 1.165) is 0 Å². The molecule has 3 aromatic rings. The number of rotatable bonds is 5. The Morgan fingerprint density at radius 1 is 1.21 bits per heavy atom. The van der Waals surface area contributed by atoms with Crippen molar-refractivity contribution in [3.8, 4) is 0 Å². The van der Waals surface area contributed by atoms with Gasteiger partial charge in [-0.1, -0.05) is 37.3 Å². The van der Waals surface area contributed by atoms with Crippen LogP contribution >= 0.6 is 0 Å². The first kappa shape index (κ1) is 16.0. The average Bonchev–Trinajstić information content (AvgIpc) is 3.08. The van der Waals surface area contributed by atoms with Gasteiger partial charge in [0, 0.05) is 12.7 Å². The Labute approximate surface area is 139 Å². The molecule has 0 radical (unpaired) electrons. The van der Waals surface area contributed by atoms with E-state index >= 15 is 0 Å². The number of nitrogens with one attached hydrogen (secondary N) is 1. The van der Waals surface area contributed by atoms with E-state index in [2.05, 4.69) is 17.3 Å². The molecule has 0 unspecified atom stereocenters. The lowest BCUT2D eigenvalue weighted by Crippen LogP contribution is -2.36. The van der Waals surface area contributed by atoms with Gasteiger partial charge in [0.2, 0.25) is 5.91 Å². The largest absolute Gasteiger partial charge is 0.354 e. The summed E-state index contributed by atoms with van der Waals surface area (Å²) in [4.78, 5) is 24.5. The highest BCUT2D eigenvalue weighted by Crippen LogP contribution is 2.12. The molecule has 0 aliphatic heterocycles. The second-order valence-corrected chi connectivity index (χ2v) is 5.89. The third-order valence-electron chi connectivity index (χ3n) is 4.08. The summed E-state index contributed by atoms with van der Waals surface area (Å²) in [6.07, 6.45) is 1.78. The summed E-state index contributed by atoms with van der Waals surface area (Å²) in [5.41, 5.74) is 1.42. The molecule has 1 atom stereocenters. The van der Waals surface area contributed by atoms with Crippen LogP contribution < -0.4 is 10.9 Å². The van der Waals surface area contributed by atoms with E-state index in [9.17, 15) is 9.59 Å². The lowest BCUT2D eigenvalue weighted by molar-refractivity contribution is -0.121. The maximum Gasteiger partial charge on any atom is 0.291 e. The number of hydrogen-bond acceptors (Lipinski definition) is 3. The van der Waals surface area contributed by atoms with Crippen LogP contribution in [0, 0.1) is 6.92 Å². The van der Waals surface area contributed by atoms with E-state index in [-0.39, 0.29) is 23.9 Å². The van der Waals surface area contributed by atoms with Gasteiger partial charge in [0.05, 0.1) is 0 Å². The number of amides is 1. The molecular weight excluding hydrogens is 304 g/mol. The second kappa shape index (κ2) is 6.70. The number of benzene rings is 1. The third-order valence-corrected chi connectivity index (χ3v) is 4.08. The summed E-state index contributed by atoms with van der Waals surface area (Å²) < 4.78 is 2.93. The van der Waals surface area contributed by atoms with Crippen LogP contribution in [0.3, 0.4) is 0 Å². The van der Waals surface area contributed by atoms with Crippen molar-refractivity contribution in [2.45, 2.75) is 26.3 Å². The summed E-state index contributed by atoms with van der Waals surface area (Å²) in [7, 11) is 0. The van der Waals surface area contributed by atoms with Crippen molar-refractivity contribution in [1.29, 1.82) is 0 Å². The Kier molecular flexibility index (Phi) is 4.46. The van der Waals surface area contributed by atoms with Crippen LogP contribution in [0.15, 0.2) is 53.5 Å². The highest BCUT2D eigenvalue weighted by atomic mass is 16.2. The molecule has 24 heavy (non-hydrogen) atoms. The average molecular weight is 324 g/mol. The van der Waals surface area contributed by atoms with Gasteiger partial charge < -0.3 is 5.32 Å². The van der Waals surface area contributed by atoms with E-state index in [1.54, 1.807) is 29.7 Å². The molecule has 0 saturated heterocycles. The molecule has 0 aliphatic carbocycles. The predicted molar refractivity (Wildman–Crippen MR) is 92.1 cm³/mol. The van der Waals surface area contributed by atoms with Gasteiger partial charge in [-0.2, -0.15) is 5.10 Å². The fourth-order valence-electron chi connectivity index (χ4n) is 2.70. The van der Waals surface area contributed by atoms with Gasteiger partial charge in [0.15, 0.2) is 0 Å². The van der Waals surface area contributed by atoms with Gasteiger partial charge in [0.1, 0.15) is 17.9 Å². The minimum absolute atomic E-state index is 0.0805. The first-order valence-electron chi connectivity index (χ1n) is 7.92. The maximum absolute atomic E-state index is 12.3. The van der Waals surface area contributed by atoms with Crippen LogP contribution in [0.2, 0.25) is 0 Å². The molecule has 0 saturated carbocycles. The van der Waals surface area contributed by atoms with Crippen molar-refractivity contribution in [1.82, 2.24) is 19.5 Å². The highest BCUT2D eigenvalue weighted by molar-refractivity contribution is 5.75. The van der Waals surface area contributed by atoms with Crippen molar-refractivity contribution in [3.63, 3.8) is 0 Å². The Morgan fingerprint density at radius 2 is 1.96 bits per heavy atom. The van der Waals surface area contributed by atoms with Crippen LogP contribution in [-0.2, 0) is 11.3 Å².